The third-order valence-corrected chi connectivity index (χ3v) is 3.92. The fourth-order valence-corrected chi connectivity index (χ4v) is 2.82. The lowest BCUT2D eigenvalue weighted by molar-refractivity contribution is 0.0886. The smallest absolute Gasteiger partial charge is 0.220 e. The lowest BCUT2D eigenvalue weighted by atomic mass is 10.2. The molecule has 1 aliphatic heterocycles. The molecular formula is C8H11ClN2O3S. The normalized spacial score (nSPS) is 31.5. The Kier molecular flexibility index (Phi) is 2.85. The first-order valence-electron chi connectivity index (χ1n) is 4.54. The topological polar surface area (TPSA) is 81.8 Å². The van der Waals surface area contributed by atoms with Crippen molar-refractivity contribution in [3.05, 3.63) is 11.2 Å². The van der Waals surface area contributed by atoms with Gasteiger partial charge in [-0.3, -0.25) is 4.99 Å². The van der Waals surface area contributed by atoms with Crippen molar-refractivity contribution in [2.45, 2.75) is 30.3 Å². The van der Waals surface area contributed by atoms with E-state index in [-0.39, 0.29) is 11.1 Å². The van der Waals surface area contributed by atoms with Crippen LogP contribution in [0, 0.1) is 0 Å². The van der Waals surface area contributed by atoms with Crippen LogP contribution in [0.15, 0.2) is 16.2 Å². The summed E-state index contributed by atoms with van der Waals surface area (Å²) < 4.78 is 28.1. The monoisotopic (exact) mass is 250 g/mol. The Morgan fingerprint density at radius 1 is 1.53 bits per heavy atom. The fourth-order valence-electron chi connectivity index (χ4n) is 1.38. The number of ether oxygens (including phenoxy) is 1. The molecule has 0 aromatic carbocycles. The molecule has 7 heteroatoms. The predicted octanol–water partition coefficient (Wildman–Crippen LogP) is 0.356. The summed E-state index contributed by atoms with van der Waals surface area (Å²) in [4.78, 5) is 3.82. The Balaban J connectivity index is 2.21. The largest absolute Gasteiger partial charge is 0.368 e. The number of rotatable bonds is 3. The van der Waals surface area contributed by atoms with E-state index < -0.39 is 21.4 Å². The van der Waals surface area contributed by atoms with Crippen LogP contribution in [-0.2, 0) is 14.8 Å². The van der Waals surface area contributed by atoms with Gasteiger partial charge in [0, 0.05) is 12.4 Å². The molecule has 0 aromatic heterocycles. The molecule has 0 saturated heterocycles. The highest BCUT2D eigenvalue weighted by atomic mass is 35.5. The van der Waals surface area contributed by atoms with Gasteiger partial charge in [-0.1, -0.05) is 11.6 Å². The molecule has 0 spiro atoms. The van der Waals surface area contributed by atoms with Gasteiger partial charge >= 0.3 is 0 Å². The Labute approximate surface area is 93.0 Å². The van der Waals surface area contributed by atoms with E-state index in [0.717, 1.165) is 12.8 Å². The summed E-state index contributed by atoms with van der Waals surface area (Å²) in [6.07, 6.45) is 4.06. The van der Waals surface area contributed by atoms with Gasteiger partial charge in [-0.2, -0.15) is 0 Å². The first-order valence-corrected chi connectivity index (χ1v) is 6.53. The van der Waals surface area contributed by atoms with Gasteiger partial charge < -0.3 is 4.74 Å². The minimum atomic E-state index is -3.76. The van der Waals surface area contributed by atoms with Crippen molar-refractivity contribution in [3.63, 3.8) is 0 Å². The summed E-state index contributed by atoms with van der Waals surface area (Å²) in [6, 6.07) is 0. The molecule has 15 heavy (non-hydrogen) atoms. The van der Waals surface area contributed by atoms with Crippen LogP contribution in [0.5, 0.6) is 0 Å². The van der Waals surface area contributed by atoms with E-state index in [1.165, 1.54) is 12.4 Å². The first kappa shape index (κ1) is 11.1. The first-order chi connectivity index (χ1) is 6.98. The highest BCUT2D eigenvalue weighted by Gasteiger charge is 2.38. The van der Waals surface area contributed by atoms with E-state index in [1.807, 2.05) is 0 Å². The Bertz CT molecular complexity index is 414. The maximum Gasteiger partial charge on any atom is 0.220 e. The molecule has 2 atom stereocenters. The van der Waals surface area contributed by atoms with Crippen LogP contribution in [0.3, 0.4) is 0 Å². The second kappa shape index (κ2) is 3.86. The van der Waals surface area contributed by atoms with Gasteiger partial charge in [0.15, 0.2) is 0 Å². The van der Waals surface area contributed by atoms with Crippen LogP contribution in [0.2, 0.25) is 0 Å². The number of halogens is 1. The molecule has 1 heterocycles. The maximum absolute atomic E-state index is 11.3. The average Bonchev–Trinajstić information content (AvgIpc) is 2.85. The minimum absolute atomic E-state index is 0.102. The molecule has 0 amide bonds. The zero-order valence-electron chi connectivity index (χ0n) is 7.84. The number of sulfonamides is 1. The third kappa shape index (κ3) is 2.57. The van der Waals surface area contributed by atoms with Crippen molar-refractivity contribution in [2.75, 3.05) is 0 Å². The average molecular weight is 251 g/mol. The summed E-state index contributed by atoms with van der Waals surface area (Å²) in [5.41, 5.74) is 0. The minimum Gasteiger partial charge on any atom is -0.368 e. The van der Waals surface area contributed by atoms with Gasteiger partial charge in [-0.25, -0.2) is 13.6 Å². The molecule has 2 rings (SSSR count). The number of nitrogens with two attached hydrogens (primary N) is 1. The van der Waals surface area contributed by atoms with Gasteiger partial charge in [-0.05, 0) is 12.8 Å². The molecule has 1 fully saturated rings. The zero-order valence-corrected chi connectivity index (χ0v) is 9.41. The van der Waals surface area contributed by atoms with E-state index in [4.69, 9.17) is 21.5 Å². The summed E-state index contributed by atoms with van der Waals surface area (Å²) in [7, 11) is -3.76. The summed E-state index contributed by atoms with van der Waals surface area (Å²) >= 11 is 5.77. The predicted molar refractivity (Wildman–Crippen MR) is 57.2 cm³/mol. The van der Waals surface area contributed by atoms with Crippen molar-refractivity contribution < 1.29 is 13.2 Å². The van der Waals surface area contributed by atoms with Crippen molar-refractivity contribution in [1.82, 2.24) is 0 Å². The quantitative estimate of drug-likeness (QED) is 0.785. The molecular weight excluding hydrogens is 240 g/mol. The molecule has 84 valence electrons. The Morgan fingerprint density at radius 2 is 2.20 bits per heavy atom. The standard InChI is InChI=1S/C8H11ClN2O3S/c9-6-3-11-4-7(14-5-1-2-5)8(6)15(10,12)13/h3-5,7-8H,1-2H2,(H2,10,12,13). The summed E-state index contributed by atoms with van der Waals surface area (Å²) in [5, 5.41) is 4.18. The van der Waals surface area contributed by atoms with Crippen LogP contribution in [0.4, 0.5) is 0 Å². The van der Waals surface area contributed by atoms with Gasteiger partial charge in [-0.15, -0.1) is 0 Å². The molecule has 0 aromatic rings. The second-order valence-corrected chi connectivity index (χ2v) is 5.74. The van der Waals surface area contributed by atoms with Crippen LogP contribution < -0.4 is 5.14 Å². The zero-order chi connectivity index (χ0) is 11.1. The van der Waals surface area contributed by atoms with Crippen molar-refractivity contribution in [1.29, 1.82) is 0 Å². The van der Waals surface area contributed by atoms with E-state index in [1.54, 1.807) is 0 Å². The van der Waals surface area contributed by atoms with E-state index in [2.05, 4.69) is 4.99 Å². The highest BCUT2D eigenvalue weighted by molar-refractivity contribution is 7.90. The van der Waals surface area contributed by atoms with E-state index >= 15 is 0 Å². The van der Waals surface area contributed by atoms with Crippen LogP contribution in [0.1, 0.15) is 12.8 Å². The molecule has 1 saturated carbocycles. The molecule has 1 aliphatic carbocycles. The summed E-state index contributed by atoms with van der Waals surface area (Å²) in [5.74, 6) is 0. The van der Waals surface area contributed by atoms with Crippen LogP contribution >= 0.6 is 11.6 Å². The van der Waals surface area contributed by atoms with E-state index in [9.17, 15) is 8.42 Å². The summed E-state index contributed by atoms with van der Waals surface area (Å²) in [6.45, 7) is 0. The SMILES string of the molecule is NS(=O)(=O)C1C(Cl)=CN=CC1OC1CC1. The molecule has 0 bridgehead atoms. The van der Waals surface area contributed by atoms with E-state index in [0.29, 0.717) is 0 Å². The maximum atomic E-state index is 11.3. The number of hydrogen-bond donors (Lipinski definition) is 1. The lowest BCUT2D eigenvalue weighted by Crippen LogP contribution is -2.43. The van der Waals surface area contributed by atoms with Crippen LogP contribution in [0.25, 0.3) is 0 Å². The van der Waals surface area contributed by atoms with Crippen molar-refractivity contribution in [2.24, 2.45) is 10.1 Å². The number of hydrogen-bond acceptors (Lipinski definition) is 4. The Hall–Kier alpha value is -0.430. The molecule has 2 N–H and O–H groups in total. The molecule has 2 unspecified atom stereocenters. The molecule has 2 aliphatic rings. The number of aliphatic imine (C=N–C) groups is 1. The lowest BCUT2D eigenvalue weighted by Gasteiger charge is -2.24. The Morgan fingerprint density at radius 3 is 2.73 bits per heavy atom. The van der Waals surface area contributed by atoms with Gasteiger partial charge in [0.05, 0.1) is 11.1 Å². The fraction of sp³-hybridized carbons (Fsp3) is 0.625. The second-order valence-electron chi connectivity index (χ2n) is 3.62. The van der Waals surface area contributed by atoms with Gasteiger partial charge in [0.1, 0.15) is 11.4 Å². The highest BCUT2D eigenvalue weighted by Crippen LogP contribution is 2.30. The van der Waals surface area contributed by atoms with Gasteiger partial charge in [0.2, 0.25) is 10.0 Å². The molecule has 0 radical (unpaired) electrons. The van der Waals surface area contributed by atoms with Crippen molar-refractivity contribution in [3.8, 4) is 0 Å². The van der Waals surface area contributed by atoms with Crippen LogP contribution in [-0.4, -0.2) is 32.1 Å². The molecule has 5 nitrogen and oxygen atoms in total. The number of primary sulfonamides is 1. The third-order valence-electron chi connectivity index (χ3n) is 2.23. The number of nitrogens with zero attached hydrogens (tertiary/aromatic N) is 1. The van der Waals surface area contributed by atoms with Crippen molar-refractivity contribution >= 4 is 27.8 Å². The van der Waals surface area contributed by atoms with Gasteiger partial charge in [0.25, 0.3) is 0 Å².